The molecule has 0 N–H and O–H groups in total. The third-order valence-corrected chi connectivity index (χ3v) is 2.94. The van der Waals surface area contributed by atoms with Crippen LogP contribution >= 0.6 is 0 Å². The average Bonchev–Trinajstić information content (AvgIpc) is 1.99. The first-order chi connectivity index (χ1) is 5.16. The molecular formula is C9H17FO. The predicted octanol–water partition coefficient (Wildman–Crippen LogP) is 2.41. The van der Waals surface area contributed by atoms with Gasteiger partial charge in [-0.2, -0.15) is 0 Å². The molecule has 4 atom stereocenters. The molecule has 1 nitrogen and oxygen atoms in total. The lowest BCUT2D eigenvalue weighted by Crippen LogP contribution is -2.39. The fraction of sp³-hybridized carbons (Fsp3) is 1.00. The van der Waals surface area contributed by atoms with Crippen LogP contribution < -0.4 is 0 Å². The molecule has 0 aliphatic heterocycles. The zero-order chi connectivity index (χ0) is 8.43. The Kier molecular flexibility index (Phi) is 2.88. The molecular weight excluding hydrogens is 143 g/mol. The molecule has 0 saturated heterocycles. The minimum absolute atomic E-state index is 0.168. The van der Waals surface area contributed by atoms with E-state index < -0.39 is 6.17 Å². The maximum atomic E-state index is 13.1. The van der Waals surface area contributed by atoms with E-state index in [9.17, 15) is 4.39 Å². The summed E-state index contributed by atoms with van der Waals surface area (Å²) in [6, 6.07) is 0. The Labute approximate surface area is 67.9 Å². The van der Waals surface area contributed by atoms with Crippen LogP contribution in [0.3, 0.4) is 0 Å². The van der Waals surface area contributed by atoms with E-state index in [1.807, 2.05) is 0 Å². The standard InChI is InChI=1S/C9H17FO/c1-6-4-5-8(10)9(11-3)7(6)2/h6-9H,4-5H2,1-3H3/t6-,7-,8+,9+/m1/s1. The van der Waals surface area contributed by atoms with Crippen molar-refractivity contribution in [2.24, 2.45) is 11.8 Å². The van der Waals surface area contributed by atoms with Gasteiger partial charge in [-0.3, -0.25) is 0 Å². The Hall–Kier alpha value is -0.110. The fourth-order valence-corrected chi connectivity index (χ4v) is 1.86. The summed E-state index contributed by atoms with van der Waals surface area (Å²) in [6.45, 7) is 4.24. The summed E-state index contributed by atoms with van der Waals surface area (Å²) in [7, 11) is 1.60. The molecule has 0 aromatic carbocycles. The van der Waals surface area contributed by atoms with Crippen molar-refractivity contribution >= 4 is 0 Å². The molecule has 1 rings (SSSR count). The number of rotatable bonds is 1. The van der Waals surface area contributed by atoms with E-state index in [4.69, 9.17) is 4.74 Å². The predicted molar refractivity (Wildman–Crippen MR) is 43.3 cm³/mol. The van der Waals surface area contributed by atoms with Crippen LogP contribution in [0.4, 0.5) is 4.39 Å². The van der Waals surface area contributed by atoms with Crippen LogP contribution in [0.1, 0.15) is 26.7 Å². The highest BCUT2D eigenvalue weighted by atomic mass is 19.1. The summed E-state index contributed by atoms with van der Waals surface area (Å²) < 4.78 is 18.3. The van der Waals surface area contributed by atoms with Crippen molar-refractivity contribution in [3.05, 3.63) is 0 Å². The largest absolute Gasteiger partial charge is 0.378 e. The third kappa shape index (κ3) is 1.73. The van der Waals surface area contributed by atoms with Gasteiger partial charge in [0.25, 0.3) is 0 Å². The summed E-state index contributed by atoms with van der Waals surface area (Å²) in [5.74, 6) is 0.968. The highest BCUT2D eigenvalue weighted by Gasteiger charge is 2.34. The summed E-state index contributed by atoms with van der Waals surface area (Å²) in [5.41, 5.74) is 0. The average molecular weight is 160 g/mol. The van der Waals surface area contributed by atoms with Gasteiger partial charge < -0.3 is 4.74 Å². The fourth-order valence-electron chi connectivity index (χ4n) is 1.86. The van der Waals surface area contributed by atoms with E-state index in [1.54, 1.807) is 7.11 Å². The molecule has 0 aromatic rings. The van der Waals surface area contributed by atoms with Gasteiger partial charge in [0.2, 0.25) is 0 Å². The third-order valence-electron chi connectivity index (χ3n) is 2.94. The van der Waals surface area contributed by atoms with E-state index in [1.165, 1.54) is 0 Å². The van der Waals surface area contributed by atoms with Crippen LogP contribution in [0.25, 0.3) is 0 Å². The van der Waals surface area contributed by atoms with Gasteiger partial charge in [-0.05, 0) is 24.7 Å². The van der Waals surface area contributed by atoms with Crippen LogP contribution in [0.5, 0.6) is 0 Å². The van der Waals surface area contributed by atoms with Crippen molar-refractivity contribution < 1.29 is 9.13 Å². The maximum Gasteiger partial charge on any atom is 0.126 e. The zero-order valence-corrected chi connectivity index (χ0v) is 7.51. The van der Waals surface area contributed by atoms with Crippen molar-refractivity contribution in [2.75, 3.05) is 7.11 Å². The lowest BCUT2D eigenvalue weighted by molar-refractivity contribution is -0.0473. The van der Waals surface area contributed by atoms with Crippen LogP contribution in [0, 0.1) is 11.8 Å². The summed E-state index contributed by atoms with van der Waals surface area (Å²) in [6.07, 6.45) is 0.761. The second-order valence-electron chi connectivity index (χ2n) is 3.63. The van der Waals surface area contributed by atoms with Gasteiger partial charge in [0.1, 0.15) is 6.17 Å². The number of alkyl halides is 1. The Morgan fingerprint density at radius 1 is 1.27 bits per heavy atom. The quantitative estimate of drug-likeness (QED) is 0.572. The first-order valence-corrected chi connectivity index (χ1v) is 4.33. The smallest absolute Gasteiger partial charge is 0.126 e. The number of halogens is 1. The molecule has 0 aromatic heterocycles. The Bertz CT molecular complexity index is 127. The minimum Gasteiger partial charge on any atom is -0.378 e. The van der Waals surface area contributed by atoms with Crippen molar-refractivity contribution in [1.29, 1.82) is 0 Å². The second kappa shape index (κ2) is 3.53. The molecule has 1 fully saturated rings. The van der Waals surface area contributed by atoms with E-state index in [-0.39, 0.29) is 6.10 Å². The molecule has 0 radical (unpaired) electrons. The Morgan fingerprint density at radius 2 is 1.91 bits per heavy atom. The molecule has 1 saturated carbocycles. The molecule has 0 bridgehead atoms. The summed E-state index contributed by atoms with van der Waals surface area (Å²) in [5, 5.41) is 0. The number of methoxy groups -OCH3 is 1. The van der Waals surface area contributed by atoms with Crippen molar-refractivity contribution in [1.82, 2.24) is 0 Å². The van der Waals surface area contributed by atoms with Crippen LogP contribution in [-0.2, 0) is 4.74 Å². The lowest BCUT2D eigenvalue weighted by atomic mass is 9.78. The topological polar surface area (TPSA) is 9.23 Å². The molecule has 1 aliphatic rings. The van der Waals surface area contributed by atoms with Crippen molar-refractivity contribution in [2.45, 2.75) is 39.0 Å². The number of hydrogen-bond donors (Lipinski definition) is 0. The van der Waals surface area contributed by atoms with E-state index >= 15 is 0 Å². The highest BCUT2D eigenvalue weighted by molar-refractivity contribution is 4.84. The van der Waals surface area contributed by atoms with Gasteiger partial charge in [-0.1, -0.05) is 13.8 Å². The molecule has 11 heavy (non-hydrogen) atoms. The Morgan fingerprint density at radius 3 is 2.36 bits per heavy atom. The second-order valence-corrected chi connectivity index (χ2v) is 3.63. The van der Waals surface area contributed by atoms with E-state index in [0.717, 1.165) is 6.42 Å². The molecule has 1 aliphatic carbocycles. The number of ether oxygens (including phenoxy) is 1. The molecule has 2 heteroatoms. The minimum atomic E-state index is -0.744. The first kappa shape index (κ1) is 8.98. The molecule has 66 valence electrons. The Balaban J connectivity index is 2.55. The van der Waals surface area contributed by atoms with E-state index in [0.29, 0.717) is 18.3 Å². The van der Waals surface area contributed by atoms with Gasteiger partial charge >= 0.3 is 0 Å². The summed E-state index contributed by atoms with van der Waals surface area (Å²) in [4.78, 5) is 0. The molecule has 0 unspecified atom stereocenters. The van der Waals surface area contributed by atoms with Crippen molar-refractivity contribution in [3.63, 3.8) is 0 Å². The van der Waals surface area contributed by atoms with Gasteiger partial charge in [0.15, 0.2) is 0 Å². The molecule has 0 heterocycles. The van der Waals surface area contributed by atoms with Gasteiger partial charge in [0, 0.05) is 7.11 Å². The zero-order valence-electron chi connectivity index (χ0n) is 7.51. The molecule has 0 amide bonds. The maximum absolute atomic E-state index is 13.1. The number of hydrogen-bond acceptors (Lipinski definition) is 1. The van der Waals surface area contributed by atoms with Crippen LogP contribution in [0.15, 0.2) is 0 Å². The summed E-state index contributed by atoms with van der Waals surface area (Å²) >= 11 is 0. The van der Waals surface area contributed by atoms with Crippen LogP contribution in [0.2, 0.25) is 0 Å². The highest BCUT2D eigenvalue weighted by Crippen LogP contribution is 2.32. The van der Waals surface area contributed by atoms with Gasteiger partial charge in [0.05, 0.1) is 6.10 Å². The lowest BCUT2D eigenvalue weighted by Gasteiger charge is -2.35. The molecule has 0 spiro atoms. The van der Waals surface area contributed by atoms with Crippen LogP contribution in [-0.4, -0.2) is 19.4 Å². The first-order valence-electron chi connectivity index (χ1n) is 4.33. The monoisotopic (exact) mass is 160 g/mol. The normalized spacial score (nSPS) is 45.8. The van der Waals surface area contributed by atoms with Crippen molar-refractivity contribution in [3.8, 4) is 0 Å². The SMILES string of the molecule is CO[C@H]1[C@H](C)[C@H](C)CC[C@@H]1F. The van der Waals surface area contributed by atoms with Gasteiger partial charge in [-0.15, -0.1) is 0 Å². The van der Waals surface area contributed by atoms with E-state index in [2.05, 4.69) is 13.8 Å². The van der Waals surface area contributed by atoms with Gasteiger partial charge in [-0.25, -0.2) is 4.39 Å².